The average Bonchev–Trinajstić information content (AvgIpc) is 3.72. The summed E-state index contributed by atoms with van der Waals surface area (Å²) in [5.41, 5.74) is 6.91. The number of rotatable bonds is 6. The third-order valence-electron chi connectivity index (χ3n) is 7.37. The van der Waals surface area contributed by atoms with Crippen LogP contribution in [0.3, 0.4) is 0 Å². The van der Waals surface area contributed by atoms with Crippen molar-refractivity contribution in [1.29, 1.82) is 0 Å². The number of aromatic nitrogens is 1. The lowest BCUT2D eigenvalue weighted by molar-refractivity contribution is -0.122. The van der Waals surface area contributed by atoms with Crippen LogP contribution < -0.4 is 10.6 Å². The number of nitrogens with zero attached hydrogens (tertiary/aromatic N) is 2. The summed E-state index contributed by atoms with van der Waals surface area (Å²) in [7, 11) is 0. The van der Waals surface area contributed by atoms with Gasteiger partial charge in [0.1, 0.15) is 0 Å². The summed E-state index contributed by atoms with van der Waals surface area (Å²) < 4.78 is 0. The number of fused-ring (bicyclic) bond motifs is 1. The van der Waals surface area contributed by atoms with Crippen molar-refractivity contribution in [2.24, 2.45) is 5.92 Å². The van der Waals surface area contributed by atoms with E-state index >= 15 is 0 Å². The normalized spacial score (nSPS) is 18.5. The van der Waals surface area contributed by atoms with Gasteiger partial charge in [0, 0.05) is 49.0 Å². The van der Waals surface area contributed by atoms with Crippen LogP contribution in [0.15, 0.2) is 60.9 Å². The number of amides is 3. The van der Waals surface area contributed by atoms with Gasteiger partial charge in [-0.05, 0) is 79.0 Å². The lowest BCUT2D eigenvalue weighted by Crippen LogP contribution is -2.50. The summed E-state index contributed by atoms with van der Waals surface area (Å²) in [6.07, 6.45) is 5.05. The minimum absolute atomic E-state index is 0.00820. The molecular formula is C31H36N4O3. The molecule has 198 valence electrons. The van der Waals surface area contributed by atoms with Crippen LogP contribution in [0, 0.1) is 5.92 Å². The maximum absolute atomic E-state index is 13.0. The molecule has 0 saturated heterocycles. The molecule has 1 aliphatic carbocycles. The molecule has 3 amide bonds. The van der Waals surface area contributed by atoms with Gasteiger partial charge in [0.25, 0.3) is 0 Å². The fourth-order valence-electron chi connectivity index (χ4n) is 5.34. The smallest absolute Gasteiger partial charge is 0.318 e. The number of nitrogens with one attached hydrogen (secondary N) is 2. The van der Waals surface area contributed by atoms with Crippen LogP contribution in [-0.4, -0.2) is 39.0 Å². The second-order valence-corrected chi connectivity index (χ2v) is 11.4. The van der Waals surface area contributed by atoms with Crippen LogP contribution in [0.5, 0.6) is 0 Å². The highest BCUT2D eigenvalue weighted by molar-refractivity contribution is 5.83. The molecule has 5 rings (SSSR count). The Bertz CT molecular complexity index is 1330. The maximum Gasteiger partial charge on any atom is 0.318 e. The Morgan fingerprint density at radius 3 is 2.61 bits per heavy atom. The Hall–Kier alpha value is -3.71. The highest BCUT2D eigenvalue weighted by atomic mass is 16.3. The van der Waals surface area contributed by atoms with Crippen LogP contribution >= 0.6 is 0 Å². The molecule has 1 aliphatic heterocycles. The van der Waals surface area contributed by atoms with E-state index in [4.69, 9.17) is 0 Å². The first-order valence-electron chi connectivity index (χ1n) is 13.3. The third kappa shape index (κ3) is 5.73. The van der Waals surface area contributed by atoms with Crippen molar-refractivity contribution in [2.75, 3.05) is 6.54 Å². The Kier molecular flexibility index (Phi) is 7.21. The molecule has 3 aromatic rings. The Morgan fingerprint density at radius 2 is 1.87 bits per heavy atom. The monoisotopic (exact) mass is 512 g/mol. The first-order chi connectivity index (χ1) is 18.2. The van der Waals surface area contributed by atoms with Gasteiger partial charge in [-0.2, -0.15) is 0 Å². The van der Waals surface area contributed by atoms with Crippen LogP contribution in [-0.2, 0) is 30.9 Å². The van der Waals surface area contributed by atoms with Gasteiger partial charge in [-0.15, -0.1) is 0 Å². The number of benzene rings is 2. The molecule has 0 radical (unpaired) electrons. The zero-order chi connectivity index (χ0) is 26.9. The summed E-state index contributed by atoms with van der Waals surface area (Å²) in [6, 6.07) is 16.2. The van der Waals surface area contributed by atoms with Gasteiger partial charge in [0.2, 0.25) is 5.91 Å². The van der Waals surface area contributed by atoms with E-state index in [-0.39, 0.29) is 35.9 Å². The second-order valence-electron chi connectivity index (χ2n) is 11.4. The number of hydrogen-bond donors (Lipinski definition) is 3. The van der Waals surface area contributed by atoms with Gasteiger partial charge in [-0.3, -0.25) is 9.78 Å². The standard InChI is InChI=1S/C31H36N4O3/c1-31(2,3)34-30(38)35-12-11-25-24(23-13-20(19-36)15-32-16-23)10-9-22(28(25)18-35)17-33-29(37)27-14-26(27)21-7-5-4-6-8-21/h4-10,13,15-16,26-27,36H,11-12,14,17-19H2,1-3H3,(H,33,37)(H,34,38)/t26-,27+/m1/s1. The Morgan fingerprint density at radius 1 is 1.08 bits per heavy atom. The minimum Gasteiger partial charge on any atom is -0.392 e. The molecule has 1 fully saturated rings. The van der Waals surface area contributed by atoms with Crippen molar-refractivity contribution in [2.45, 2.75) is 64.8 Å². The van der Waals surface area contributed by atoms with Crippen molar-refractivity contribution in [3.63, 3.8) is 0 Å². The van der Waals surface area contributed by atoms with E-state index < -0.39 is 0 Å². The van der Waals surface area contributed by atoms with Crippen molar-refractivity contribution >= 4 is 11.9 Å². The average molecular weight is 513 g/mol. The number of hydrogen-bond acceptors (Lipinski definition) is 4. The van der Waals surface area contributed by atoms with E-state index in [0.29, 0.717) is 26.1 Å². The van der Waals surface area contributed by atoms with Gasteiger partial charge in [-0.1, -0.05) is 42.5 Å². The minimum atomic E-state index is -0.327. The number of aliphatic hydroxyl groups is 1. The molecule has 0 spiro atoms. The number of pyridine rings is 1. The molecule has 2 aliphatic rings. The van der Waals surface area contributed by atoms with Crippen molar-refractivity contribution in [3.05, 3.63) is 88.7 Å². The highest BCUT2D eigenvalue weighted by Crippen LogP contribution is 2.47. The predicted octanol–water partition coefficient (Wildman–Crippen LogP) is 4.53. The molecule has 2 heterocycles. The Labute approximate surface area is 224 Å². The van der Waals surface area contributed by atoms with E-state index in [2.05, 4.69) is 33.8 Å². The molecular weight excluding hydrogens is 476 g/mol. The van der Waals surface area contributed by atoms with E-state index in [0.717, 1.165) is 34.2 Å². The summed E-state index contributed by atoms with van der Waals surface area (Å²) in [5.74, 6) is 0.374. The third-order valence-corrected chi connectivity index (χ3v) is 7.37. The maximum atomic E-state index is 13.0. The summed E-state index contributed by atoms with van der Waals surface area (Å²) in [6.45, 7) is 7.35. The topological polar surface area (TPSA) is 94.6 Å². The van der Waals surface area contributed by atoms with Gasteiger partial charge >= 0.3 is 6.03 Å². The predicted molar refractivity (Wildman–Crippen MR) is 147 cm³/mol. The molecule has 2 atom stereocenters. The quantitative estimate of drug-likeness (QED) is 0.452. The molecule has 7 heteroatoms. The molecule has 2 aromatic carbocycles. The zero-order valence-corrected chi connectivity index (χ0v) is 22.3. The number of urea groups is 1. The number of carbonyl (C=O) groups excluding carboxylic acids is 2. The van der Waals surface area contributed by atoms with E-state index in [1.54, 1.807) is 6.20 Å². The van der Waals surface area contributed by atoms with Crippen LogP contribution in [0.4, 0.5) is 4.79 Å². The van der Waals surface area contributed by atoms with Gasteiger partial charge in [0.15, 0.2) is 0 Å². The van der Waals surface area contributed by atoms with E-state index in [1.807, 2.05) is 62.2 Å². The summed E-state index contributed by atoms with van der Waals surface area (Å²) in [4.78, 5) is 32.2. The zero-order valence-electron chi connectivity index (χ0n) is 22.3. The molecule has 0 unspecified atom stereocenters. The first kappa shape index (κ1) is 25.9. The van der Waals surface area contributed by atoms with E-state index in [9.17, 15) is 14.7 Å². The fourth-order valence-corrected chi connectivity index (χ4v) is 5.34. The number of aliphatic hydroxyl groups excluding tert-OH is 1. The highest BCUT2D eigenvalue weighted by Gasteiger charge is 2.43. The molecule has 0 bridgehead atoms. The van der Waals surface area contributed by atoms with Crippen LogP contribution in [0.25, 0.3) is 11.1 Å². The molecule has 7 nitrogen and oxygen atoms in total. The first-order valence-corrected chi connectivity index (χ1v) is 13.3. The Balaban J connectivity index is 1.38. The lowest BCUT2D eigenvalue weighted by Gasteiger charge is -2.34. The van der Waals surface area contributed by atoms with Gasteiger partial charge < -0.3 is 20.6 Å². The van der Waals surface area contributed by atoms with Crippen molar-refractivity contribution in [1.82, 2.24) is 20.5 Å². The largest absolute Gasteiger partial charge is 0.392 e. The lowest BCUT2D eigenvalue weighted by atomic mass is 9.87. The molecule has 1 aromatic heterocycles. The molecule has 3 N–H and O–H groups in total. The molecule has 38 heavy (non-hydrogen) atoms. The SMILES string of the molecule is CC(C)(C)NC(=O)N1CCc2c(-c3cncc(CO)c3)ccc(CNC(=O)[C@H]3C[C@@H]3c3ccccc3)c2C1. The van der Waals surface area contributed by atoms with E-state index in [1.165, 1.54) is 11.1 Å². The summed E-state index contributed by atoms with van der Waals surface area (Å²) >= 11 is 0. The summed E-state index contributed by atoms with van der Waals surface area (Å²) in [5, 5.41) is 15.9. The molecule has 1 saturated carbocycles. The van der Waals surface area contributed by atoms with Gasteiger partial charge in [-0.25, -0.2) is 4.79 Å². The second kappa shape index (κ2) is 10.6. The van der Waals surface area contributed by atoms with Crippen molar-refractivity contribution < 1.29 is 14.7 Å². The van der Waals surface area contributed by atoms with Crippen LogP contribution in [0.1, 0.15) is 60.9 Å². The fraction of sp³-hybridized carbons (Fsp3) is 0.387. The number of carbonyl (C=O) groups is 2. The van der Waals surface area contributed by atoms with Crippen molar-refractivity contribution in [3.8, 4) is 11.1 Å². The van der Waals surface area contributed by atoms with Gasteiger partial charge in [0.05, 0.1) is 6.61 Å². The van der Waals surface area contributed by atoms with Crippen LogP contribution in [0.2, 0.25) is 0 Å².